The molecule has 0 bridgehead atoms. The van der Waals surface area contributed by atoms with Crippen molar-refractivity contribution < 1.29 is 0 Å². The molecule has 0 unspecified atom stereocenters. The van der Waals surface area contributed by atoms with E-state index in [0.717, 1.165) is 0 Å². The molecule has 0 aromatic carbocycles. The van der Waals surface area contributed by atoms with Crippen molar-refractivity contribution in [3.05, 3.63) is 5.50 Å². The zero-order valence-electron chi connectivity index (χ0n) is 6.10. The lowest BCUT2D eigenvalue weighted by Gasteiger charge is -2.30. The molecular formula is C6H15NP-. The van der Waals surface area contributed by atoms with Gasteiger partial charge in [-0.25, -0.2) is 8.07 Å². The van der Waals surface area contributed by atoms with Crippen molar-refractivity contribution in [2.24, 2.45) is 0 Å². The fraction of sp³-hybridized carbons (Fsp3) is 1.00. The van der Waals surface area contributed by atoms with Crippen molar-refractivity contribution in [2.45, 2.75) is 39.0 Å². The van der Waals surface area contributed by atoms with Gasteiger partial charge in [0.1, 0.15) is 0 Å². The van der Waals surface area contributed by atoms with E-state index in [2.05, 4.69) is 27.7 Å². The van der Waals surface area contributed by atoms with Crippen molar-refractivity contribution in [2.75, 3.05) is 0 Å². The number of hydrogen-bond donors (Lipinski definition) is 0. The van der Waals surface area contributed by atoms with Gasteiger partial charge < -0.3 is 5.50 Å². The first-order chi connectivity index (χ1) is 3.55. The van der Waals surface area contributed by atoms with Crippen LogP contribution in [0.15, 0.2) is 0 Å². The van der Waals surface area contributed by atoms with Crippen molar-refractivity contribution in [1.29, 1.82) is 0 Å². The Kier molecular flexibility index (Phi) is 3.59. The smallest absolute Gasteiger partial charge is 0.0452 e. The SMILES string of the molecule is CC(C)P([NH-])C(C)C. The minimum atomic E-state index is -0.449. The molecule has 0 rings (SSSR count). The Morgan fingerprint density at radius 1 is 1.00 bits per heavy atom. The summed E-state index contributed by atoms with van der Waals surface area (Å²) in [5.41, 5.74) is 8.69. The second-order valence-corrected chi connectivity index (χ2v) is 5.47. The van der Waals surface area contributed by atoms with Crippen LogP contribution in [0.25, 0.3) is 5.50 Å². The molecule has 0 heterocycles. The third-order valence-corrected chi connectivity index (χ3v) is 3.34. The summed E-state index contributed by atoms with van der Waals surface area (Å²) in [6.07, 6.45) is 0. The van der Waals surface area contributed by atoms with Crippen molar-refractivity contribution in [3.8, 4) is 0 Å². The highest BCUT2D eigenvalue weighted by Gasteiger charge is 2.01. The van der Waals surface area contributed by atoms with Gasteiger partial charge >= 0.3 is 0 Å². The Bertz CT molecular complexity index is 53.5. The summed E-state index contributed by atoms with van der Waals surface area (Å²) >= 11 is 0. The average molecular weight is 132 g/mol. The van der Waals surface area contributed by atoms with E-state index in [0.29, 0.717) is 11.3 Å². The minimum Gasteiger partial charge on any atom is -0.651 e. The molecule has 0 saturated heterocycles. The molecule has 0 aliphatic rings. The Morgan fingerprint density at radius 3 is 1.25 bits per heavy atom. The van der Waals surface area contributed by atoms with E-state index in [1.54, 1.807) is 0 Å². The Balaban J connectivity index is 3.46. The van der Waals surface area contributed by atoms with Crippen LogP contribution in [-0.2, 0) is 0 Å². The highest BCUT2D eigenvalue weighted by atomic mass is 31.1. The Labute approximate surface area is 53.5 Å². The lowest BCUT2D eigenvalue weighted by molar-refractivity contribution is 1.02. The molecule has 0 spiro atoms. The first kappa shape index (κ1) is 8.39. The molecule has 0 radical (unpaired) electrons. The Hall–Kier alpha value is 0.390. The van der Waals surface area contributed by atoms with E-state index in [9.17, 15) is 0 Å². The van der Waals surface area contributed by atoms with Gasteiger partial charge in [-0.15, -0.1) is 0 Å². The molecule has 0 fully saturated rings. The molecule has 0 atom stereocenters. The molecular weight excluding hydrogens is 117 g/mol. The third kappa shape index (κ3) is 2.64. The van der Waals surface area contributed by atoms with Crippen LogP contribution in [-0.4, -0.2) is 11.3 Å². The first-order valence-corrected chi connectivity index (χ1v) is 4.53. The summed E-state index contributed by atoms with van der Waals surface area (Å²) in [4.78, 5) is 0. The van der Waals surface area contributed by atoms with Crippen LogP contribution < -0.4 is 0 Å². The number of hydrogen-bond acceptors (Lipinski definition) is 0. The standard InChI is InChI=1S/C6H15NP/c1-5(2)8(7)6(3)4/h5-7H,1-4H3/q-1. The summed E-state index contributed by atoms with van der Waals surface area (Å²) in [5, 5.41) is 0. The minimum absolute atomic E-state index is 0.449. The van der Waals surface area contributed by atoms with Crippen LogP contribution in [0.2, 0.25) is 0 Å². The summed E-state index contributed by atoms with van der Waals surface area (Å²) in [7, 11) is -0.449. The van der Waals surface area contributed by atoms with Gasteiger partial charge in [0, 0.05) is 0 Å². The van der Waals surface area contributed by atoms with Crippen molar-refractivity contribution in [1.82, 2.24) is 0 Å². The highest BCUT2D eigenvalue weighted by Crippen LogP contribution is 2.45. The van der Waals surface area contributed by atoms with Gasteiger partial charge in [-0.2, -0.15) is 0 Å². The summed E-state index contributed by atoms with van der Waals surface area (Å²) in [6.45, 7) is 8.49. The van der Waals surface area contributed by atoms with Gasteiger partial charge in [-0.1, -0.05) is 27.7 Å². The van der Waals surface area contributed by atoms with E-state index in [-0.39, 0.29) is 0 Å². The van der Waals surface area contributed by atoms with E-state index < -0.39 is 8.07 Å². The number of nitrogens with one attached hydrogen (secondary N) is 1. The second-order valence-electron chi connectivity index (χ2n) is 2.59. The fourth-order valence-electron chi connectivity index (χ4n) is 0.596. The van der Waals surface area contributed by atoms with E-state index >= 15 is 0 Å². The van der Waals surface area contributed by atoms with Gasteiger partial charge in [0.2, 0.25) is 0 Å². The maximum Gasteiger partial charge on any atom is -0.0452 e. The second kappa shape index (κ2) is 3.42. The molecule has 1 N–H and O–H groups in total. The average Bonchev–Trinajstić information content (AvgIpc) is 1.64. The van der Waals surface area contributed by atoms with Gasteiger partial charge in [0.25, 0.3) is 0 Å². The maximum absolute atomic E-state index is 7.55. The molecule has 2 heteroatoms. The summed E-state index contributed by atoms with van der Waals surface area (Å²) in [6, 6.07) is 0. The predicted molar refractivity (Wildman–Crippen MR) is 41.5 cm³/mol. The van der Waals surface area contributed by atoms with Gasteiger partial charge in [0.15, 0.2) is 0 Å². The topological polar surface area (TPSA) is 23.8 Å². The van der Waals surface area contributed by atoms with Gasteiger partial charge in [-0.3, -0.25) is 0 Å². The van der Waals surface area contributed by atoms with E-state index in [1.165, 1.54) is 0 Å². The molecule has 50 valence electrons. The van der Waals surface area contributed by atoms with Crippen LogP contribution >= 0.6 is 8.07 Å². The van der Waals surface area contributed by atoms with Crippen LogP contribution in [0, 0.1) is 0 Å². The highest BCUT2D eigenvalue weighted by molar-refractivity contribution is 7.60. The largest absolute Gasteiger partial charge is 0.651 e. The molecule has 0 saturated carbocycles. The molecule has 0 aliphatic carbocycles. The molecule has 0 aromatic heterocycles. The first-order valence-electron chi connectivity index (χ1n) is 3.05. The van der Waals surface area contributed by atoms with Crippen molar-refractivity contribution >= 4 is 8.07 Å². The summed E-state index contributed by atoms with van der Waals surface area (Å²) < 4.78 is 0. The molecule has 0 aliphatic heterocycles. The molecule has 1 nitrogen and oxygen atoms in total. The molecule has 0 aromatic rings. The zero-order chi connectivity index (χ0) is 6.73. The maximum atomic E-state index is 7.55. The van der Waals surface area contributed by atoms with E-state index in [4.69, 9.17) is 5.50 Å². The van der Waals surface area contributed by atoms with E-state index in [1.807, 2.05) is 0 Å². The molecule has 8 heavy (non-hydrogen) atoms. The van der Waals surface area contributed by atoms with Gasteiger partial charge in [-0.05, 0) is 11.3 Å². The monoisotopic (exact) mass is 132 g/mol. The lowest BCUT2D eigenvalue weighted by atomic mass is 10.5. The quantitative estimate of drug-likeness (QED) is 0.515. The summed E-state index contributed by atoms with van der Waals surface area (Å²) in [5.74, 6) is 0. The predicted octanol–water partition coefficient (Wildman–Crippen LogP) is 3.25. The third-order valence-electron chi connectivity index (χ3n) is 1.11. The molecule has 0 amide bonds. The normalized spacial score (nSPS) is 12.0. The Morgan fingerprint density at radius 2 is 1.25 bits per heavy atom. The van der Waals surface area contributed by atoms with Crippen LogP contribution in [0.5, 0.6) is 0 Å². The van der Waals surface area contributed by atoms with Crippen molar-refractivity contribution in [3.63, 3.8) is 0 Å². The lowest BCUT2D eigenvalue weighted by Crippen LogP contribution is -1.98. The van der Waals surface area contributed by atoms with Crippen LogP contribution in [0.1, 0.15) is 27.7 Å². The fourth-order valence-corrected chi connectivity index (χ4v) is 1.79. The number of rotatable bonds is 2. The zero-order valence-corrected chi connectivity index (χ0v) is 7.00. The van der Waals surface area contributed by atoms with Crippen LogP contribution in [0.4, 0.5) is 0 Å². The van der Waals surface area contributed by atoms with Crippen LogP contribution in [0.3, 0.4) is 0 Å². The van der Waals surface area contributed by atoms with Gasteiger partial charge in [0.05, 0.1) is 0 Å².